The van der Waals surface area contributed by atoms with Gasteiger partial charge in [-0.05, 0) is 48.9 Å². The summed E-state index contributed by atoms with van der Waals surface area (Å²) in [5, 5.41) is 3.19. The Hall–Kier alpha value is -2.33. The predicted octanol–water partition coefficient (Wildman–Crippen LogP) is 4.22. The van der Waals surface area contributed by atoms with Crippen LogP contribution in [0.25, 0.3) is 0 Å². The third-order valence-corrected chi connectivity index (χ3v) is 5.71. The highest BCUT2D eigenvalue weighted by Crippen LogP contribution is 2.31. The molecule has 1 saturated heterocycles. The molecule has 28 heavy (non-hydrogen) atoms. The number of methoxy groups -OCH3 is 1. The summed E-state index contributed by atoms with van der Waals surface area (Å²) in [7, 11) is 1.70. The lowest BCUT2D eigenvalue weighted by atomic mass is 9.83. The second-order valence-corrected chi connectivity index (χ2v) is 7.90. The van der Waals surface area contributed by atoms with Gasteiger partial charge < -0.3 is 10.1 Å². The molecule has 0 radical (unpaired) electrons. The van der Waals surface area contributed by atoms with Gasteiger partial charge >= 0.3 is 0 Å². The Bertz CT molecular complexity index is 762. The Kier molecular flexibility index (Phi) is 7.10. The van der Waals surface area contributed by atoms with E-state index in [2.05, 4.69) is 60.5 Å². The van der Waals surface area contributed by atoms with Gasteiger partial charge in [-0.15, -0.1) is 0 Å². The van der Waals surface area contributed by atoms with E-state index in [9.17, 15) is 4.79 Å². The second kappa shape index (κ2) is 9.74. The first-order valence-electron chi connectivity index (χ1n) is 10.3. The van der Waals surface area contributed by atoms with Crippen LogP contribution in [-0.4, -0.2) is 37.0 Å². The average molecular weight is 381 g/mol. The van der Waals surface area contributed by atoms with Crippen LogP contribution in [0.4, 0.5) is 0 Å². The van der Waals surface area contributed by atoms with Crippen molar-refractivity contribution in [1.82, 2.24) is 10.2 Å². The number of carbonyl (C=O) groups excluding carboxylic acids is 1. The maximum Gasteiger partial charge on any atom is 0.224 e. The number of nitrogens with one attached hydrogen (secondary N) is 1. The van der Waals surface area contributed by atoms with Crippen LogP contribution in [0, 0.1) is 5.92 Å². The third-order valence-electron chi connectivity index (χ3n) is 5.71. The highest BCUT2D eigenvalue weighted by molar-refractivity contribution is 5.79. The van der Waals surface area contributed by atoms with E-state index in [4.69, 9.17) is 4.74 Å². The molecule has 2 aromatic rings. The number of amides is 1. The Morgan fingerprint density at radius 1 is 1.18 bits per heavy atom. The average Bonchev–Trinajstić information content (AvgIpc) is 2.74. The van der Waals surface area contributed by atoms with Gasteiger partial charge in [-0.2, -0.15) is 0 Å². The van der Waals surface area contributed by atoms with Crippen LogP contribution >= 0.6 is 0 Å². The van der Waals surface area contributed by atoms with Gasteiger partial charge in [0.25, 0.3) is 0 Å². The second-order valence-electron chi connectivity index (χ2n) is 7.90. The molecule has 1 amide bonds. The smallest absolute Gasteiger partial charge is 0.224 e. The molecular formula is C24H32N2O2. The van der Waals surface area contributed by atoms with Crippen molar-refractivity contribution in [3.8, 4) is 5.75 Å². The maximum atomic E-state index is 12.9. The first-order valence-corrected chi connectivity index (χ1v) is 10.3. The summed E-state index contributed by atoms with van der Waals surface area (Å²) in [5.74, 6) is 1.44. The van der Waals surface area contributed by atoms with E-state index in [1.807, 2.05) is 18.2 Å². The van der Waals surface area contributed by atoms with Crippen molar-refractivity contribution < 1.29 is 9.53 Å². The number of benzene rings is 2. The zero-order valence-electron chi connectivity index (χ0n) is 17.2. The summed E-state index contributed by atoms with van der Waals surface area (Å²) in [6, 6.07) is 19.0. The summed E-state index contributed by atoms with van der Waals surface area (Å²) in [6.45, 7) is 6.77. The lowest BCUT2D eigenvalue weighted by molar-refractivity contribution is -0.127. The number of likely N-dealkylation sites (tertiary alicyclic amines) is 1. The molecule has 0 saturated carbocycles. The van der Waals surface area contributed by atoms with Crippen molar-refractivity contribution in [3.63, 3.8) is 0 Å². The van der Waals surface area contributed by atoms with Gasteiger partial charge in [-0.25, -0.2) is 0 Å². The number of hydrogen-bond acceptors (Lipinski definition) is 3. The van der Waals surface area contributed by atoms with Crippen molar-refractivity contribution in [3.05, 3.63) is 65.7 Å². The Balaban J connectivity index is 1.77. The van der Waals surface area contributed by atoms with E-state index >= 15 is 0 Å². The van der Waals surface area contributed by atoms with E-state index in [1.165, 1.54) is 11.1 Å². The molecule has 0 aromatic heterocycles. The van der Waals surface area contributed by atoms with Crippen LogP contribution in [0.5, 0.6) is 5.75 Å². The topological polar surface area (TPSA) is 41.6 Å². The molecule has 0 spiro atoms. The van der Waals surface area contributed by atoms with Crippen LogP contribution in [0.1, 0.15) is 43.7 Å². The van der Waals surface area contributed by atoms with Crippen molar-refractivity contribution in [2.24, 2.45) is 5.92 Å². The first kappa shape index (κ1) is 20.4. The summed E-state index contributed by atoms with van der Waals surface area (Å²) in [5.41, 5.74) is 2.54. The van der Waals surface area contributed by atoms with E-state index in [-0.39, 0.29) is 17.9 Å². The molecular weight excluding hydrogens is 348 g/mol. The van der Waals surface area contributed by atoms with Crippen LogP contribution < -0.4 is 10.1 Å². The number of carbonyl (C=O) groups is 1. The number of hydrogen-bond donors (Lipinski definition) is 1. The van der Waals surface area contributed by atoms with E-state index < -0.39 is 0 Å². The third kappa shape index (κ3) is 5.35. The molecule has 0 bridgehead atoms. The summed E-state index contributed by atoms with van der Waals surface area (Å²) >= 11 is 0. The molecule has 3 atom stereocenters. The molecule has 4 nitrogen and oxygen atoms in total. The van der Waals surface area contributed by atoms with Crippen molar-refractivity contribution in [2.45, 2.75) is 45.2 Å². The Morgan fingerprint density at radius 3 is 2.68 bits per heavy atom. The van der Waals surface area contributed by atoms with Gasteiger partial charge in [0.05, 0.1) is 13.0 Å². The Labute approximate surface area is 168 Å². The fourth-order valence-corrected chi connectivity index (χ4v) is 3.97. The summed E-state index contributed by atoms with van der Waals surface area (Å²) in [6.07, 6.45) is 1.86. The minimum atomic E-state index is 0.0126. The summed E-state index contributed by atoms with van der Waals surface area (Å²) in [4.78, 5) is 15.3. The lowest BCUT2D eigenvalue weighted by Crippen LogP contribution is -2.47. The normalized spacial score (nSPS) is 21.1. The van der Waals surface area contributed by atoms with Gasteiger partial charge in [0.1, 0.15) is 5.75 Å². The number of rotatable bonds is 7. The number of ether oxygens (including phenoxy) is 1. The van der Waals surface area contributed by atoms with Gasteiger partial charge in [0.15, 0.2) is 0 Å². The molecule has 4 heteroatoms. The van der Waals surface area contributed by atoms with Gasteiger partial charge in [0, 0.05) is 25.7 Å². The molecule has 1 aliphatic heterocycles. The highest BCUT2D eigenvalue weighted by Gasteiger charge is 2.32. The van der Waals surface area contributed by atoms with Crippen LogP contribution in [0.2, 0.25) is 0 Å². The van der Waals surface area contributed by atoms with Crippen molar-refractivity contribution >= 4 is 5.91 Å². The zero-order valence-corrected chi connectivity index (χ0v) is 17.2. The van der Waals surface area contributed by atoms with Crippen LogP contribution in [-0.2, 0) is 11.3 Å². The molecule has 3 rings (SSSR count). The minimum Gasteiger partial charge on any atom is -0.497 e. The van der Waals surface area contributed by atoms with E-state index in [1.54, 1.807) is 7.11 Å². The predicted molar refractivity (Wildman–Crippen MR) is 113 cm³/mol. The zero-order chi connectivity index (χ0) is 19.9. The standard InChI is InChI=1S/C24H32N2O2/c1-4-18(2)25-24(27)22-14-21(20-10-6-5-7-11-20)16-26(17-22)15-19-9-8-12-23(13-19)28-3/h5-13,18,21-22H,4,14-17H2,1-3H3,(H,25,27). The van der Waals surface area contributed by atoms with E-state index in [0.29, 0.717) is 5.92 Å². The summed E-state index contributed by atoms with van der Waals surface area (Å²) < 4.78 is 5.37. The largest absolute Gasteiger partial charge is 0.497 e. The minimum absolute atomic E-state index is 0.0126. The number of nitrogens with zero attached hydrogens (tertiary/aromatic N) is 1. The number of piperidine rings is 1. The first-order chi connectivity index (χ1) is 13.6. The van der Waals surface area contributed by atoms with Crippen molar-refractivity contribution in [1.29, 1.82) is 0 Å². The van der Waals surface area contributed by atoms with Gasteiger partial charge in [0.2, 0.25) is 5.91 Å². The molecule has 1 heterocycles. The van der Waals surface area contributed by atoms with Crippen LogP contribution in [0.15, 0.2) is 54.6 Å². The maximum absolute atomic E-state index is 12.9. The fourth-order valence-electron chi connectivity index (χ4n) is 3.97. The molecule has 1 N–H and O–H groups in total. The SMILES string of the molecule is CCC(C)NC(=O)C1CC(c2ccccc2)CN(Cc2cccc(OC)c2)C1. The van der Waals surface area contributed by atoms with Gasteiger partial charge in [-0.3, -0.25) is 9.69 Å². The highest BCUT2D eigenvalue weighted by atomic mass is 16.5. The molecule has 150 valence electrons. The van der Waals surface area contributed by atoms with Crippen LogP contribution in [0.3, 0.4) is 0 Å². The quantitative estimate of drug-likeness (QED) is 0.782. The lowest BCUT2D eigenvalue weighted by Gasteiger charge is -2.38. The Morgan fingerprint density at radius 2 is 1.96 bits per heavy atom. The van der Waals surface area contributed by atoms with Gasteiger partial charge in [-0.1, -0.05) is 49.4 Å². The fraction of sp³-hybridized carbons (Fsp3) is 0.458. The molecule has 1 aliphatic rings. The molecule has 0 aliphatic carbocycles. The molecule has 1 fully saturated rings. The van der Waals surface area contributed by atoms with E-state index in [0.717, 1.165) is 38.2 Å². The molecule has 3 unspecified atom stereocenters. The monoisotopic (exact) mass is 380 g/mol. The van der Waals surface area contributed by atoms with Crippen molar-refractivity contribution in [2.75, 3.05) is 20.2 Å². The molecule has 2 aromatic carbocycles.